The van der Waals surface area contributed by atoms with E-state index in [9.17, 15) is 23.2 Å². The van der Waals surface area contributed by atoms with Crippen LogP contribution >= 0.6 is 0 Å². The molecular weight excluding hydrogens is 572 g/mol. The molecule has 0 atom stereocenters. The van der Waals surface area contributed by atoms with Crippen molar-refractivity contribution in [3.8, 4) is 11.5 Å². The zero-order chi connectivity index (χ0) is 30.8. The van der Waals surface area contributed by atoms with Gasteiger partial charge in [0.05, 0.1) is 0 Å². The number of nitrogens with one attached hydrogen (secondary N) is 3. The van der Waals surface area contributed by atoms with Crippen molar-refractivity contribution in [2.24, 2.45) is 5.41 Å². The Hall–Kier alpha value is -4.62. The van der Waals surface area contributed by atoms with E-state index in [0.29, 0.717) is 37.7 Å². The molecule has 0 radical (unpaired) electrons. The third-order valence-electron chi connectivity index (χ3n) is 8.27. The van der Waals surface area contributed by atoms with E-state index in [4.69, 9.17) is 4.74 Å². The zero-order valence-electron chi connectivity index (χ0n) is 24.2. The monoisotopic (exact) mass is 605 g/mol. The third-order valence-corrected chi connectivity index (χ3v) is 8.27. The zero-order valence-corrected chi connectivity index (χ0v) is 24.2. The maximum absolute atomic E-state index is 15.0. The van der Waals surface area contributed by atoms with E-state index in [0.717, 1.165) is 32.2 Å². The minimum absolute atomic E-state index is 0.0978. The van der Waals surface area contributed by atoms with Gasteiger partial charge in [0.1, 0.15) is 22.8 Å². The summed E-state index contributed by atoms with van der Waals surface area (Å²) in [6, 6.07) is 12.5. The Morgan fingerprint density at radius 3 is 2.16 bits per heavy atom. The second-order valence-corrected chi connectivity index (χ2v) is 11.4. The van der Waals surface area contributed by atoms with Crippen molar-refractivity contribution in [3.05, 3.63) is 72.4 Å². The summed E-state index contributed by atoms with van der Waals surface area (Å²) < 4.78 is 33.8. The third kappa shape index (κ3) is 6.48. The van der Waals surface area contributed by atoms with Crippen LogP contribution in [0.3, 0.4) is 0 Å². The number of carbonyl (C=O) groups excluding carboxylic acids is 3. The van der Waals surface area contributed by atoms with Gasteiger partial charge in [-0.3, -0.25) is 19.8 Å². The fraction of sp³-hybridized carbons (Fsp3) is 0.355. The summed E-state index contributed by atoms with van der Waals surface area (Å²) in [5, 5.41) is 8.03. The molecule has 13 heteroatoms. The van der Waals surface area contributed by atoms with Crippen LogP contribution in [0.5, 0.6) is 11.5 Å². The molecule has 1 aliphatic carbocycles. The number of hydrogen-bond donors (Lipinski definition) is 3. The molecule has 1 saturated carbocycles. The lowest BCUT2D eigenvalue weighted by Crippen LogP contribution is -2.62. The molecule has 2 saturated heterocycles. The molecule has 0 unspecified atom stereocenters. The number of pyridine rings is 1. The predicted molar refractivity (Wildman–Crippen MR) is 159 cm³/mol. The molecule has 230 valence electrons. The first-order valence-corrected chi connectivity index (χ1v) is 14.5. The fourth-order valence-corrected chi connectivity index (χ4v) is 5.42. The lowest BCUT2D eigenvalue weighted by Gasteiger charge is -2.46. The van der Waals surface area contributed by atoms with Crippen LogP contribution in [0.2, 0.25) is 0 Å². The van der Waals surface area contributed by atoms with Crippen molar-refractivity contribution in [1.82, 2.24) is 19.7 Å². The lowest BCUT2D eigenvalue weighted by atomic mass is 10.0. The molecule has 11 nitrogen and oxygen atoms in total. The van der Waals surface area contributed by atoms with Gasteiger partial charge >= 0.3 is 6.03 Å². The number of hydrogen-bond acceptors (Lipinski definition) is 7. The van der Waals surface area contributed by atoms with Gasteiger partial charge in [-0.1, -0.05) is 0 Å². The number of aromatic nitrogens is 1. The van der Waals surface area contributed by atoms with Gasteiger partial charge in [0.15, 0.2) is 11.6 Å². The average Bonchev–Trinajstić information content (AvgIpc) is 3.81. The van der Waals surface area contributed by atoms with E-state index in [2.05, 4.69) is 37.8 Å². The number of anilines is 3. The Labute approximate surface area is 253 Å². The van der Waals surface area contributed by atoms with Crippen LogP contribution in [-0.2, 0) is 9.59 Å². The molecule has 4 amide bonds. The number of nitrogens with zero attached hydrogens (tertiary/aromatic N) is 4. The summed E-state index contributed by atoms with van der Waals surface area (Å²) in [7, 11) is 2.10. The van der Waals surface area contributed by atoms with Gasteiger partial charge in [-0.15, -0.1) is 0 Å². The highest BCUT2D eigenvalue weighted by Gasteiger charge is 2.56. The molecule has 0 spiro atoms. The Morgan fingerprint density at radius 2 is 1.52 bits per heavy atom. The molecule has 3 N–H and O–H groups in total. The highest BCUT2D eigenvalue weighted by Crippen LogP contribution is 2.47. The highest BCUT2D eigenvalue weighted by molar-refractivity contribution is 6.16. The van der Waals surface area contributed by atoms with Crippen LogP contribution in [0.25, 0.3) is 0 Å². The summed E-state index contributed by atoms with van der Waals surface area (Å²) in [6.07, 6.45) is 2.13. The van der Waals surface area contributed by atoms with Gasteiger partial charge in [0.25, 0.3) is 0 Å². The number of halogens is 2. The highest BCUT2D eigenvalue weighted by atomic mass is 19.1. The van der Waals surface area contributed by atoms with E-state index in [1.165, 1.54) is 54.7 Å². The van der Waals surface area contributed by atoms with Crippen molar-refractivity contribution >= 4 is 35.0 Å². The second-order valence-electron chi connectivity index (χ2n) is 11.4. The number of amides is 4. The molecule has 3 aromatic rings. The summed E-state index contributed by atoms with van der Waals surface area (Å²) in [4.78, 5) is 49.2. The molecule has 2 aliphatic heterocycles. The van der Waals surface area contributed by atoms with E-state index in [-0.39, 0.29) is 29.0 Å². The largest absolute Gasteiger partial charge is 0.454 e. The van der Waals surface area contributed by atoms with Gasteiger partial charge in [0, 0.05) is 75.0 Å². The van der Waals surface area contributed by atoms with Crippen LogP contribution < -0.4 is 20.7 Å². The number of benzene rings is 2. The number of likely N-dealkylation sites (tertiary alicyclic amines) is 1. The smallest absolute Gasteiger partial charge is 0.323 e. The molecule has 3 heterocycles. The summed E-state index contributed by atoms with van der Waals surface area (Å²) in [6.45, 7) is 5.00. The number of likely N-dealkylation sites (N-methyl/N-ethyl adjacent to an activating group) is 1. The number of urea groups is 1. The van der Waals surface area contributed by atoms with Gasteiger partial charge in [0.2, 0.25) is 11.8 Å². The van der Waals surface area contributed by atoms with Crippen LogP contribution in [0.4, 0.5) is 30.8 Å². The van der Waals surface area contributed by atoms with Crippen molar-refractivity contribution in [2.75, 3.05) is 62.3 Å². The normalized spacial score (nSPS) is 18.2. The standard InChI is InChI=1S/C31H33F2N7O4/c1-38-18-23(19-38)39-12-14-40(15-13-39)30(43)37-27-17-24(8-11-34-27)44-26-7-6-22(16-25(26)33)36-29(42)31(9-10-31)28(41)35-21-4-2-20(32)3-5-21/h2-8,11,16-17,23H,9-10,12-15,18-19H2,1H3,(H,35,41)(H,36,42)(H,34,37,43). The molecule has 44 heavy (non-hydrogen) atoms. The number of piperazine rings is 1. The SMILES string of the molecule is CN1CC(N2CCN(C(=O)Nc3cc(Oc4ccc(NC(=O)C5(C(=O)Nc6ccc(F)cc6)CC5)cc4F)ccn3)CC2)C1. The molecule has 3 fully saturated rings. The van der Waals surface area contributed by atoms with Crippen molar-refractivity contribution in [2.45, 2.75) is 18.9 Å². The predicted octanol–water partition coefficient (Wildman–Crippen LogP) is 3.97. The quantitative estimate of drug-likeness (QED) is 0.333. The van der Waals surface area contributed by atoms with Gasteiger partial charge in [-0.05, 0) is 62.4 Å². The lowest BCUT2D eigenvalue weighted by molar-refractivity contribution is -0.131. The molecule has 6 rings (SSSR count). The summed E-state index contributed by atoms with van der Waals surface area (Å²) in [5.41, 5.74) is -0.746. The van der Waals surface area contributed by atoms with Gasteiger partial charge in [-0.2, -0.15) is 0 Å². The molecular formula is C31H33F2N7O4. The molecule has 3 aliphatic rings. The first kappa shape index (κ1) is 29.5. The van der Waals surface area contributed by atoms with Crippen molar-refractivity contribution in [3.63, 3.8) is 0 Å². The van der Waals surface area contributed by atoms with Crippen LogP contribution in [-0.4, -0.2) is 89.9 Å². The first-order chi connectivity index (χ1) is 21.2. The topological polar surface area (TPSA) is 119 Å². The van der Waals surface area contributed by atoms with Crippen LogP contribution in [0, 0.1) is 17.0 Å². The Morgan fingerprint density at radius 1 is 0.864 bits per heavy atom. The van der Waals surface area contributed by atoms with Crippen LogP contribution in [0.1, 0.15) is 12.8 Å². The minimum atomic E-state index is -1.28. The van der Waals surface area contributed by atoms with Gasteiger partial charge in [-0.25, -0.2) is 18.6 Å². The van der Waals surface area contributed by atoms with Crippen molar-refractivity contribution < 1.29 is 27.9 Å². The number of carbonyl (C=O) groups is 3. The average molecular weight is 606 g/mol. The van der Waals surface area contributed by atoms with E-state index in [1.807, 2.05) is 0 Å². The van der Waals surface area contributed by atoms with E-state index in [1.54, 1.807) is 4.90 Å². The fourth-order valence-electron chi connectivity index (χ4n) is 5.42. The molecule has 1 aromatic heterocycles. The maximum Gasteiger partial charge on any atom is 0.323 e. The Balaban J connectivity index is 1.02. The van der Waals surface area contributed by atoms with Crippen molar-refractivity contribution in [1.29, 1.82) is 0 Å². The summed E-state index contributed by atoms with van der Waals surface area (Å²) in [5.74, 6) is -1.80. The number of ether oxygens (including phenoxy) is 1. The number of rotatable bonds is 8. The summed E-state index contributed by atoms with van der Waals surface area (Å²) >= 11 is 0. The van der Waals surface area contributed by atoms with E-state index < -0.39 is 28.9 Å². The maximum atomic E-state index is 15.0. The first-order valence-electron chi connectivity index (χ1n) is 14.5. The van der Waals surface area contributed by atoms with Gasteiger partial charge < -0.3 is 25.2 Å². The van der Waals surface area contributed by atoms with E-state index >= 15 is 0 Å². The second kappa shape index (κ2) is 12.2. The Bertz CT molecular complexity index is 1550. The Kier molecular flexibility index (Phi) is 8.15. The molecule has 2 aromatic carbocycles. The molecule has 0 bridgehead atoms. The minimum Gasteiger partial charge on any atom is -0.454 e. The van der Waals surface area contributed by atoms with Crippen LogP contribution in [0.15, 0.2) is 60.8 Å².